The number of likely N-dealkylation sites (tertiary alicyclic amines) is 1. The molecule has 2 aliphatic heterocycles. The van der Waals surface area contributed by atoms with Crippen molar-refractivity contribution in [1.29, 1.82) is 0 Å². The second-order valence-corrected chi connectivity index (χ2v) is 11.3. The zero-order valence-corrected chi connectivity index (χ0v) is 19.5. The summed E-state index contributed by atoms with van der Waals surface area (Å²) >= 11 is 1.89. The number of hydrogen-bond donors (Lipinski definition) is 0. The maximum Gasteiger partial charge on any atom is 0.0652 e. The number of hydrogen-bond acceptors (Lipinski definition) is 4. The minimum atomic E-state index is -0.0144. The molecule has 0 radical (unpaired) electrons. The standard InChI is InChI=1S/C25H36N2OS/c1-19-8-9-20(17-26-19)24(4,5)27-15-14-25(18-27,13-10-21-7-6-16-29-21)22-11-12-23(2,3)28-22/h6-9,16-17,22H,10-15,18H2,1-5H3/t22-,25+/m1/s1. The molecule has 4 rings (SSSR count). The van der Waals surface area contributed by atoms with Crippen molar-refractivity contribution < 1.29 is 4.74 Å². The average molecular weight is 413 g/mol. The van der Waals surface area contributed by atoms with Crippen LogP contribution in [0.4, 0.5) is 0 Å². The molecule has 158 valence electrons. The molecule has 0 spiro atoms. The lowest BCUT2D eigenvalue weighted by molar-refractivity contribution is -0.0787. The number of rotatable bonds is 6. The molecule has 3 nitrogen and oxygen atoms in total. The third-order valence-corrected chi connectivity index (χ3v) is 8.33. The maximum absolute atomic E-state index is 6.65. The summed E-state index contributed by atoms with van der Waals surface area (Å²) in [7, 11) is 0. The molecule has 0 saturated carbocycles. The highest BCUT2D eigenvalue weighted by atomic mass is 32.1. The highest BCUT2D eigenvalue weighted by Crippen LogP contribution is 2.49. The van der Waals surface area contributed by atoms with Gasteiger partial charge in [0.2, 0.25) is 0 Å². The lowest BCUT2D eigenvalue weighted by atomic mass is 9.75. The molecule has 2 fully saturated rings. The van der Waals surface area contributed by atoms with Crippen LogP contribution in [-0.2, 0) is 16.7 Å². The van der Waals surface area contributed by atoms with Gasteiger partial charge in [0.05, 0.1) is 11.7 Å². The zero-order chi connectivity index (χ0) is 20.7. The monoisotopic (exact) mass is 412 g/mol. The van der Waals surface area contributed by atoms with Crippen LogP contribution < -0.4 is 0 Å². The maximum atomic E-state index is 6.65. The Morgan fingerprint density at radius 3 is 2.69 bits per heavy atom. The van der Waals surface area contributed by atoms with Crippen molar-refractivity contribution in [2.24, 2.45) is 5.41 Å². The van der Waals surface area contributed by atoms with Gasteiger partial charge in [0.15, 0.2) is 0 Å². The minimum Gasteiger partial charge on any atom is -0.372 e. The Bertz CT molecular complexity index is 812. The molecule has 0 unspecified atom stereocenters. The second-order valence-electron chi connectivity index (χ2n) is 10.3. The summed E-state index contributed by atoms with van der Waals surface area (Å²) in [4.78, 5) is 8.75. The van der Waals surface area contributed by atoms with Crippen LogP contribution in [0.1, 0.15) is 69.5 Å². The largest absolute Gasteiger partial charge is 0.372 e. The van der Waals surface area contributed by atoms with Gasteiger partial charge in [-0.3, -0.25) is 9.88 Å². The van der Waals surface area contributed by atoms with Gasteiger partial charge in [-0.2, -0.15) is 0 Å². The van der Waals surface area contributed by atoms with Gasteiger partial charge in [-0.15, -0.1) is 11.3 Å². The van der Waals surface area contributed by atoms with Crippen LogP contribution >= 0.6 is 11.3 Å². The van der Waals surface area contributed by atoms with Crippen LogP contribution in [0.15, 0.2) is 35.8 Å². The van der Waals surface area contributed by atoms with E-state index in [1.54, 1.807) is 0 Å². The number of thiophene rings is 1. The predicted octanol–water partition coefficient (Wildman–Crippen LogP) is 5.97. The van der Waals surface area contributed by atoms with Crippen molar-refractivity contribution in [2.45, 2.75) is 84.0 Å². The van der Waals surface area contributed by atoms with Crippen molar-refractivity contribution in [3.63, 3.8) is 0 Å². The van der Waals surface area contributed by atoms with Gasteiger partial charge >= 0.3 is 0 Å². The fourth-order valence-corrected chi connectivity index (χ4v) is 5.96. The van der Waals surface area contributed by atoms with Gasteiger partial charge in [0, 0.05) is 34.3 Å². The van der Waals surface area contributed by atoms with Gasteiger partial charge in [0.25, 0.3) is 0 Å². The van der Waals surface area contributed by atoms with Crippen LogP contribution in [0, 0.1) is 12.3 Å². The van der Waals surface area contributed by atoms with Crippen molar-refractivity contribution in [3.05, 3.63) is 52.0 Å². The molecule has 4 heteroatoms. The van der Waals surface area contributed by atoms with Crippen LogP contribution in [0.5, 0.6) is 0 Å². The van der Waals surface area contributed by atoms with Crippen LogP contribution in [0.2, 0.25) is 0 Å². The quantitative estimate of drug-likeness (QED) is 0.584. The first-order chi connectivity index (χ1) is 13.7. The summed E-state index contributed by atoms with van der Waals surface area (Å²) < 4.78 is 6.65. The predicted molar refractivity (Wildman–Crippen MR) is 121 cm³/mol. The fourth-order valence-electron chi connectivity index (χ4n) is 5.25. The topological polar surface area (TPSA) is 25.4 Å². The Morgan fingerprint density at radius 2 is 2.07 bits per heavy atom. The van der Waals surface area contributed by atoms with E-state index in [1.165, 1.54) is 36.1 Å². The van der Waals surface area contributed by atoms with E-state index in [0.29, 0.717) is 6.10 Å². The van der Waals surface area contributed by atoms with Crippen LogP contribution in [-0.4, -0.2) is 34.7 Å². The number of ether oxygens (including phenoxy) is 1. The Hall–Kier alpha value is -1.23. The Balaban J connectivity index is 1.56. The van der Waals surface area contributed by atoms with Crippen molar-refractivity contribution in [1.82, 2.24) is 9.88 Å². The van der Waals surface area contributed by atoms with Gasteiger partial charge in [-0.25, -0.2) is 0 Å². The molecule has 2 aromatic heterocycles. The molecule has 0 N–H and O–H groups in total. The number of aryl methyl sites for hydroxylation is 2. The van der Waals surface area contributed by atoms with Gasteiger partial charge in [0.1, 0.15) is 0 Å². The van der Waals surface area contributed by atoms with E-state index in [-0.39, 0.29) is 16.6 Å². The van der Waals surface area contributed by atoms with Crippen molar-refractivity contribution in [3.8, 4) is 0 Å². The van der Waals surface area contributed by atoms with E-state index in [0.717, 1.165) is 25.2 Å². The molecule has 0 aliphatic carbocycles. The average Bonchev–Trinajstić information content (AvgIpc) is 3.40. The van der Waals surface area contributed by atoms with Crippen LogP contribution in [0.3, 0.4) is 0 Å². The van der Waals surface area contributed by atoms with Gasteiger partial charge in [-0.05, 0) is 96.3 Å². The highest BCUT2D eigenvalue weighted by Gasteiger charge is 2.51. The number of nitrogens with zero attached hydrogens (tertiary/aromatic N) is 2. The fraction of sp³-hybridized carbons (Fsp3) is 0.640. The Kier molecular flexibility index (Phi) is 5.65. The first-order valence-corrected chi connectivity index (χ1v) is 12.0. The highest BCUT2D eigenvalue weighted by molar-refractivity contribution is 7.09. The molecule has 2 aromatic rings. The van der Waals surface area contributed by atoms with Crippen molar-refractivity contribution in [2.75, 3.05) is 13.1 Å². The summed E-state index contributed by atoms with van der Waals surface area (Å²) in [5.41, 5.74) is 2.64. The molecule has 29 heavy (non-hydrogen) atoms. The molecular formula is C25H36N2OS. The molecule has 0 amide bonds. The lowest BCUT2D eigenvalue weighted by Gasteiger charge is -2.40. The van der Waals surface area contributed by atoms with E-state index in [9.17, 15) is 0 Å². The zero-order valence-electron chi connectivity index (χ0n) is 18.7. The molecule has 4 heterocycles. The Morgan fingerprint density at radius 1 is 1.24 bits per heavy atom. The molecule has 0 aromatic carbocycles. The summed E-state index contributed by atoms with van der Waals surface area (Å²) in [6.07, 6.45) is 8.40. The van der Waals surface area contributed by atoms with E-state index in [1.807, 2.05) is 11.3 Å². The molecule has 2 atom stereocenters. The third kappa shape index (κ3) is 4.30. The summed E-state index contributed by atoms with van der Waals surface area (Å²) in [6.45, 7) is 13.5. The number of pyridine rings is 1. The van der Waals surface area contributed by atoms with Crippen LogP contribution in [0.25, 0.3) is 0 Å². The van der Waals surface area contributed by atoms with E-state index in [4.69, 9.17) is 4.74 Å². The number of aromatic nitrogens is 1. The second kappa shape index (κ2) is 7.79. The normalized spacial score (nSPS) is 27.6. The van der Waals surface area contributed by atoms with Gasteiger partial charge < -0.3 is 4.74 Å². The lowest BCUT2D eigenvalue weighted by Crippen LogP contribution is -2.45. The molecule has 2 saturated heterocycles. The molecule has 2 aliphatic rings. The summed E-state index contributed by atoms with van der Waals surface area (Å²) in [6, 6.07) is 8.85. The third-order valence-electron chi connectivity index (χ3n) is 7.40. The van der Waals surface area contributed by atoms with E-state index < -0.39 is 0 Å². The SMILES string of the molecule is Cc1ccc(C(C)(C)N2CC[C@](CCc3cccs3)([C@H]3CCC(C)(C)O3)C2)cn1. The summed E-state index contributed by atoms with van der Waals surface area (Å²) in [5, 5.41) is 2.20. The first kappa shape index (κ1) is 21.0. The van der Waals surface area contributed by atoms with E-state index in [2.05, 4.69) is 80.3 Å². The first-order valence-electron chi connectivity index (χ1n) is 11.1. The minimum absolute atomic E-state index is 0.0144. The molecular weight excluding hydrogens is 376 g/mol. The summed E-state index contributed by atoms with van der Waals surface area (Å²) in [5.74, 6) is 0. The van der Waals surface area contributed by atoms with E-state index >= 15 is 0 Å². The Labute approximate surface area is 180 Å². The van der Waals surface area contributed by atoms with Gasteiger partial charge in [-0.1, -0.05) is 12.1 Å². The molecule has 0 bridgehead atoms. The smallest absolute Gasteiger partial charge is 0.0652 e. The van der Waals surface area contributed by atoms with Crippen molar-refractivity contribution >= 4 is 11.3 Å².